The summed E-state index contributed by atoms with van der Waals surface area (Å²) in [6.07, 6.45) is 7.13. The van der Waals surface area contributed by atoms with Gasteiger partial charge in [-0.1, -0.05) is 6.07 Å². The van der Waals surface area contributed by atoms with Crippen molar-refractivity contribution in [1.29, 1.82) is 0 Å². The van der Waals surface area contributed by atoms with Crippen LogP contribution in [-0.4, -0.2) is 53.2 Å². The molecule has 190 valence electrons. The van der Waals surface area contributed by atoms with E-state index in [4.69, 9.17) is 4.98 Å². The van der Waals surface area contributed by atoms with E-state index in [2.05, 4.69) is 27.1 Å². The van der Waals surface area contributed by atoms with Crippen LogP contribution in [0.3, 0.4) is 0 Å². The number of hydrogen-bond acceptors (Lipinski definition) is 6. The molecule has 0 radical (unpaired) electrons. The van der Waals surface area contributed by atoms with E-state index in [1.54, 1.807) is 6.07 Å². The number of benzene rings is 2. The minimum atomic E-state index is -0.986. The minimum absolute atomic E-state index is 0.353. The smallest absolute Gasteiger partial charge is 0.187 e. The molecule has 2 aliphatic rings. The van der Waals surface area contributed by atoms with Crippen LogP contribution in [-0.2, 0) is 6.42 Å². The standard InChI is InChI=1S/C29H29F2N5O/c1-35-8-10-36(11-9-35)27-7-5-22(17-33-27)34-28-21(12-18-2-3-18)16-32-26-6-4-19(13-23(26)28)20-14-24(30)29(37)25(31)15-20/h4-7,13-18,37H,2-3,8-12H2,1H3,(H,32,34). The van der Waals surface area contributed by atoms with Gasteiger partial charge in [0.2, 0.25) is 0 Å². The van der Waals surface area contributed by atoms with Gasteiger partial charge in [-0.25, -0.2) is 13.8 Å². The Bertz CT molecular complexity index is 1420. The number of nitrogens with zero attached hydrogens (tertiary/aromatic N) is 4. The number of halogens is 2. The molecule has 6 nitrogen and oxygen atoms in total. The lowest BCUT2D eigenvalue weighted by molar-refractivity contribution is 0.312. The largest absolute Gasteiger partial charge is 0.503 e. The summed E-state index contributed by atoms with van der Waals surface area (Å²) in [7, 11) is 2.14. The quantitative estimate of drug-likeness (QED) is 0.352. The van der Waals surface area contributed by atoms with E-state index in [-0.39, 0.29) is 0 Å². The molecule has 2 fully saturated rings. The van der Waals surface area contributed by atoms with Gasteiger partial charge in [0.05, 0.1) is 23.1 Å². The highest BCUT2D eigenvalue weighted by atomic mass is 19.1. The third-order valence-electron chi connectivity index (χ3n) is 7.35. The van der Waals surface area contributed by atoms with E-state index in [1.807, 2.05) is 36.7 Å². The van der Waals surface area contributed by atoms with E-state index in [1.165, 1.54) is 12.8 Å². The highest BCUT2D eigenvalue weighted by molar-refractivity contribution is 5.97. The van der Waals surface area contributed by atoms with Gasteiger partial charge >= 0.3 is 0 Å². The van der Waals surface area contributed by atoms with Gasteiger partial charge in [-0.3, -0.25) is 4.98 Å². The van der Waals surface area contributed by atoms with Crippen LogP contribution in [0.4, 0.5) is 26.0 Å². The molecule has 2 aromatic carbocycles. The first-order chi connectivity index (χ1) is 17.9. The molecule has 0 amide bonds. The molecule has 3 heterocycles. The predicted molar refractivity (Wildman–Crippen MR) is 142 cm³/mol. The average Bonchev–Trinajstić information content (AvgIpc) is 3.73. The first kappa shape index (κ1) is 23.6. The molecule has 0 spiro atoms. The van der Waals surface area contributed by atoms with Crippen molar-refractivity contribution in [2.75, 3.05) is 43.4 Å². The van der Waals surface area contributed by atoms with Crippen LogP contribution < -0.4 is 10.2 Å². The molecule has 0 atom stereocenters. The lowest BCUT2D eigenvalue weighted by atomic mass is 9.99. The highest BCUT2D eigenvalue weighted by Gasteiger charge is 2.24. The fourth-order valence-corrected chi connectivity index (χ4v) is 4.91. The number of piperazine rings is 1. The fourth-order valence-electron chi connectivity index (χ4n) is 4.91. The van der Waals surface area contributed by atoms with Gasteiger partial charge < -0.3 is 20.2 Å². The van der Waals surface area contributed by atoms with Crippen LogP contribution in [0, 0.1) is 17.6 Å². The van der Waals surface area contributed by atoms with Gasteiger partial charge in [0.25, 0.3) is 0 Å². The van der Waals surface area contributed by atoms with Crippen LogP contribution >= 0.6 is 0 Å². The second kappa shape index (κ2) is 9.59. The average molecular weight is 502 g/mol. The van der Waals surface area contributed by atoms with Crippen LogP contribution in [0.5, 0.6) is 5.75 Å². The summed E-state index contributed by atoms with van der Waals surface area (Å²) in [5.74, 6) is -1.31. The number of pyridine rings is 2. The zero-order valence-electron chi connectivity index (χ0n) is 20.7. The monoisotopic (exact) mass is 501 g/mol. The molecule has 0 bridgehead atoms. The molecule has 6 rings (SSSR count). The van der Waals surface area contributed by atoms with E-state index >= 15 is 0 Å². The second-order valence-corrected chi connectivity index (χ2v) is 10.1. The maximum Gasteiger partial charge on any atom is 0.187 e. The number of fused-ring (bicyclic) bond motifs is 1. The Balaban J connectivity index is 1.36. The van der Waals surface area contributed by atoms with Gasteiger partial charge in [0, 0.05) is 37.8 Å². The Hall–Kier alpha value is -3.78. The number of nitrogens with one attached hydrogen (secondary N) is 1. The topological polar surface area (TPSA) is 64.5 Å². The maximum absolute atomic E-state index is 14.1. The van der Waals surface area contributed by atoms with Gasteiger partial charge in [0.15, 0.2) is 17.4 Å². The first-order valence-electron chi connectivity index (χ1n) is 12.7. The van der Waals surface area contributed by atoms with Crippen molar-refractivity contribution in [3.05, 3.63) is 72.1 Å². The van der Waals surface area contributed by atoms with Crippen molar-refractivity contribution in [1.82, 2.24) is 14.9 Å². The number of phenolic OH excluding ortho intramolecular Hbond substituents is 1. The van der Waals surface area contributed by atoms with E-state index in [0.29, 0.717) is 17.0 Å². The molecule has 0 unspecified atom stereocenters. The van der Waals surface area contributed by atoms with Gasteiger partial charge in [0.1, 0.15) is 5.82 Å². The summed E-state index contributed by atoms with van der Waals surface area (Å²) < 4.78 is 28.2. The lowest BCUT2D eigenvalue weighted by Crippen LogP contribution is -2.44. The number of likely N-dealkylation sites (N-methyl/N-ethyl adjacent to an activating group) is 1. The number of hydrogen-bond donors (Lipinski definition) is 2. The normalized spacial score (nSPS) is 16.4. The van der Waals surface area contributed by atoms with Crippen molar-refractivity contribution in [3.8, 4) is 16.9 Å². The maximum atomic E-state index is 14.1. The van der Waals surface area contributed by atoms with Crippen LogP contribution in [0.2, 0.25) is 0 Å². The summed E-state index contributed by atoms with van der Waals surface area (Å²) in [5, 5.41) is 14.0. The number of rotatable bonds is 6. The lowest BCUT2D eigenvalue weighted by Gasteiger charge is -2.33. The van der Waals surface area contributed by atoms with Crippen LogP contribution in [0.15, 0.2) is 54.9 Å². The SMILES string of the molecule is CN1CCN(c2ccc(Nc3c(CC4CC4)cnc4ccc(-c5cc(F)c(O)c(F)c5)cc34)cn2)CC1. The van der Waals surface area contributed by atoms with Crippen molar-refractivity contribution in [2.45, 2.75) is 19.3 Å². The Morgan fingerprint density at radius 1 is 0.919 bits per heavy atom. The molecule has 1 aliphatic heterocycles. The number of aromatic nitrogens is 2. The van der Waals surface area contributed by atoms with Crippen molar-refractivity contribution >= 4 is 28.1 Å². The zero-order valence-corrected chi connectivity index (χ0v) is 20.7. The molecular weight excluding hydrogens is 472 g/mol. The Morgan fingerprint density at radius 2 is 1.68 bits per heavy atom. The summed E-state index contributed by atoms with van der Waals surface area (Å²) in [5.41, 5.74) is 4.70. The van der Waals surface area contributed by atoms with E-state index in [0.717, 1.165) is 78.4 Å². The van der Waals surface area contributed by atoms with Crippen LogP contribution in [0.1, 0.15) is 18.4 Å². The summed E-state index contributed by atoms with van der Waals surface area (Å²) in [6.45, 7) is 3.95. The molecule has 37 heavy (non-hydrogen) atoms. The summed E-state index contributed by atoms with van der Waals surface area (Å²) >= 11 is 0. The van der Waals surface area contributed by atoms with Gasteiger partial charge in [-0.2, -0.15) is 0 Å². The molecule has 1 aliphatic carbocycles. The Labute approximate surface area is 214 Å². The summed E-state index contributed by atoms with van der Waals surface area (Å²) in [4.78, 5) is 14.0. The number of anilines is 3. The molecule has 2 N–H and O–H groups in total. The third kappa shape index (κ3) is 4.93. The molecular formula is C29H29F2N5O. The fraction of sp³-hybridized carbons (Fsp3) is 0.310. The number of phenols is 1. The van der Waals surface area contributed by atoms with Crippen LogP contribution in [0.25, 0.3) is 22.0 Å². The summed E-state index contributed by atoms with van der Waals surface area (Å²) in [6, 6.07) is 11.9. The van der Waals surface area contributed by atoms with Gasteiger partial charge in [-0.15, -0.1) is 0 Å². The molecule has 8 heteroatoms. The molecule has 4 aromatic rings. The Kier molecular flexibility index (Phi) is 6.12. The predicted octanol–water partition coefficient (Wildman–Crippen LogP) is 5.73. The molecule has 1 saturated heterocycles. The number of aromatic hydroxyl groups is 1. The Morgan fingerprint density at radius 3 is 2.35 bits per heavy atom. The molecule has 1 saturated carbocycles. The van der Waals surface area contributed by atoms with E-state index in [9.17, 15) is 13.9 Å². The van der Waals surface area contributed by atoms with Gasteiger partial charge in [-0.05, 0) is 85.3 Å². The van der Waals surface area contributed by atoms with Crippen molar-refractivity contribution in [3.63, 3.8) is 0 Å². The minimum Gasteiger partial charge on any atom is -0.503 e. The molecule has 2 aromatic heterocycles. The third-order valence-corrected chi connectivity index (χ3v) is 7.35. The first-order valence-corrected chi connectivity index (χ1v) is 12.7. The van der Waals surface area contributed by atoms with Crippen molar-refractivity contribution in [2.24, 2.45) is 5.92 Å². The zero-order chi connectivity index (χ0) is 25.5. The second-order valence-electron chi connectivity index (χ2n) is 10.1. The van der Waals surface area contributed by atoms with E-state index < -0.39 is 17.4 Å². The highest BCUT2D eigenvalue weighted by Crippen LogP contribution is 2.39. The van der Waals surface area contributed by atoms with Crippen molar-refractivity contribution < 1.29 is 13.9 Å².